The van der Waals surface area contributed by atoms with Gasteiger partial charge in [-0.1, -0.05) is 6.07 Å². The van der Waals surface area contributed by atoms with Crippen molar-refractivity contribution >= 4 is 11.5 Å². The molecule has 1 aromatic carbocycles. The predicted molar refractivity (Wildman–Crippen MR) is 84.6 cm³/mol. The van der Waals surface area contributed by atoms with Gasteiger partial charge in [-0.15, -0.1) is 0 Å². The average molecular weight is 278 g/mol. The Kier molecular flexibility index (Phi) is 3.74. The molecular weight excluding hydrogens is 260 g/mol. The number of pyridine rings is 1. The molecule has 106 valence electrons. The van der Waals surface area contributed by atoms with Crippen LogP contribution in [0, 0.1) is 18.3 Å². The minimum atomic E-state index is 0.755. The van der Waals surface area contributed by atoms with Crippen molar-refractivity contribution in [1.82, 2.24) is 4.98 Å². The number of rotatable bonds is 2. The lowest BCUT2D eigenvalue weighted by Crippen LogP contribution is -2.46. The lowest BCUT2D eigenvalue weighted by molar-refractivity contribution is 0.647. The van der Waals surface area contributed by atoms with E-state index in [9.17, 15) is 0 Å². The highest BCUT2D eigenvalue weighted by atomic mass is 15.3. The van der Waals surface area contributed by atoms with Gasteiger partial charge in [0.25, 0.3) is 0 Å². The number of aryl methyl sites for hydroxylation is 1. The first-order chi connectivity index (χ1) is 10.3. The van der Waals surface area contributed by atoms with Gasteiger partial charge in [-0.05, 0) is 42.8 Å². The van der Waals surface area contributed by atoms with E-state index in [4.69, 9.17) is 5.26 Å². The fourth-order valence-corrected chi connectivity index (χ4v) is 2.70. The van der Waals surface area contributed by atoms with E-state index in [1.807, 2.05) is 37.4 Å². The summed E-state index contributed by atoms with van der Waals surface area (Å²) < 4.78 is 0. The number of benzene rings is 1. The summed E-state index contributed by atoms with van der Waals surface area (Å²) in [5, 5.41) is 9.00. The molecule has 0 atom stereocenters. The number of nitriles is 1. The largest absolute Gasteiger partial charge is 0.368 e. The van der Waals surface area contributed by atoms with Crippen LogP contribution in [0.2, 0.25) is 0 Å². The lowest BCUT2D eigenvalue weighted by atomic mass is 10.1. The third-order valence-electron chi connectivity index (χ3n) is 3.95. The van der Waals surface area contributed by atoms with Crippen molar-refractivity contribution in [3.8, 4) is 6.07 Å². The van der Waals surface area contributed by atoms with Gasteiger partial charge in [0.1, 0.15) is 5.82 Å². The molecule has 1 aliphatic heterocycles. The fraction of sp³-hybridized carbons (Fsp3) is 0.294. The van der Waals surface area contributed by atoms with Crippen LogP contribution in [0.5, 0.6) is 0 Å². The van der Waals surface area contributed by atoms with Crippen LogP contribution in [-0.4, -0.2) is 31.2 Å². The highest BCUT2D eigenvalue weighted by Gasteiger charge is 2.18. The van der Waals surface area contributed by atoms with Crippen molar-refractivity contribution in [2.45, 2.75) is 6.92 Å². The Labute approximate surface area is 125 Å². The molecule has 1 aromatic heterocycles. The standard InChI is InChI=1S/C17H18N4/c1-14-12-16(6-5-15(14)13-18)20-8-10-21(11-9-20)17-4-2-3-7-19-17/h2-7,12H,8-11H2,1H3. The molecule has 0 aliphatic carbocycles. The Hall–Kier alpha value is -2.54. The summed E-state index contributed by atoms with van der Waals surface area (Å²) in [4.78, 5) is 9.09. The Morgan fingerprint density at radius 3 is 2.43 bits per heavy atom. The van der Waals surface area contributed by atoms with Crippen LogP contribution >= 0.6 is 0 Å². The van der Waals surface area contributed by atoms with Crippen molar-refractivity contribution < 1.29 is 0 Å². The van der Waals surface area contributed by atoms with E-state index in [-0.39, 0.29) is 0 Å². The molecular formula is C17H18N4. The molecule has 21 heavy (non-hydrogen) atoms. The molecule has 2 heterocycles. The zero-order valence-electron chi connectivity index (χ0n) is 12.2. The highest BCUT2D eigenvalue weighted by Crippen LogP contribution is 2.21. The van der Waals surface area contributed by atoms with Gasteiger partial charge in [0, 0.05) is 38.1 Å². The maximum atomic E-state index is 9.00. The van der Waals surface area contributed by atoms with E-state index >= 15 is 0 Å². The van der Waals surface area contributed by atoms with Crippen molar-refractivity contribution in [3.05, 3.63) is 53.7 Å². The summed E-state index contributed by atoms with van der Waals surface area (Å²) in [6, 6.07) is 14.3. The normalized spacial score (nSPS) is 14.9. The van der Waals surface area contributed by atoms with E-state index < -0.39 is 0 Å². The Balaban J connectivity index is 1.69. The second kappa shape index (κ2) is 5.84. The van der Waals surface area contributed by atoms with Crippen molar-refractivity contribution in [2.75, 3.05) is 36.0 Å². The number of hydrogen-bond donors (Lipinski definition) is 0. The number of hydrogen-bond acceptors (Lipinski definition) is 4. The van der Waals surface area contributed by atoms with Crippen molar-refractivity contribution in [2.24, 2.45) is 0 Å². The van der Waals surface area contributed by atoms with Crippen molar-refractivity contribution in [1.29, 1.82) is 5.26 Å². The molecule has 3 rings (SSSR count). The van der Waals surface area contributed by atoms with E-state index in [0.29, 0.717) is 0 Å². The monoisotopic (exact) mass is 278 g/mol. The smallest absolute Gasteiger partial charge is 0.128 e. The number of piperazine rings is 1. The minimum Gasteiger partial charge on any atom is -0.368 e. The van der Waals surface area contributed by atoms with Crippen molar-refractivity contribution in [3.63, 3.8) is 0 Å². The van der Waals surface area contributed by atoms with Crippen LogP contribution in [0.3, 0.4) is 0 Å². The van der Waals surface area contributed by atoms with Gasteiger partial charge in [0.15, 0.2) is 0 Å². The summed E-state index contributed by atoms with van der Waals surface area (Å²) in [5.41, 5.74) is 3.00. The van der Waals surface area contributed by atoms with Crippen LogP contribution in [0.4, 0.5) is 11.5 Å². The highest BCUT2D eigenvalue weighted by molar-refractivity contribution is 5.54. The molecule has 1 saturated heterocycles. The van der Waals surface area contributed by atoms with Gasteiger partial charge < -0.3 is 9.80 Å². The van der Waals surface area contributed by atoms with Gasteiger partial charge in [0.2, 0.25) is 0 Å². The quantitative estimate of drug-likeness (QED) is 0.847. The maximum Gasteiger partial charge on any atom is 0.128 e. The van der Waals surface area contributed by atoms with Gasteiger partial charge >= 0.3 is 0 Å². The second-order valence-corrected chi connectivity index (χ2v) is 5.27. The SMILES string of the molecule is Cc1cc(N2CCN(c3ccccn3)CC2)ccc1C#N. The third kappa shape index (κ3) is 2.82. The molecule has 0 amide bonds. The molecule has 1 aliphatic rings. The number of anilines is 2. The first-order valence-corrected chi connectivity index (χ1v) is 7.19. The van der Waals surface area contributed by atoms with E-state index in [1.165, 1.54) is 5.69 Å². The van der Waals surface area contributed by atoms with E-state index in [2.05, 4.69) is 33.0 Å². The molecule has 0 radical (unpaired) electrons. The molecule has 1 fully saturated rings. The molecule has 4 heteroatoms. The number of nitrogens with zero attached hydrogens (tertiary/aromatic N) is 4. The average Bonchev–Trinajstić information content (AvgIpc) is 2.56. The van der Waals surface area contributed by atoms with E-state index in [0.717, 1.165) is 43.1 Å². The van der Waals surface area contributed by atoms with Gasteiger partial charge in [-0.3, -0.25) is 0 Å². The van der Waals surface area contributed by atoms with E-state index in [1.54, 1.807) is 0 Å². The van der Waals surface area contributed by atoms with Gasteiger partial charge in [-0.25, -0.2) is 4.98 Å². The molecule has 0 spiro atoms. The van der Waals surface area contributed by atoms with Gasteiger partial charge in [0.05, 0.1) is 11.6 Å². The summed E-state index contributed by atoms with van der Waals surface area (Å²) >= 11 is 0. The Morgan fingerprint density at radius 2 is 1.81 bits per heavy atom. The van der Waals surface area contributed by atoms with Crippen LogP contribution in [0.15, 0.2) is 42.6 Å². The Bertz CT molecular complexity index is 652. The second-order valence-electron chi connectivity index (χ2n) is 5.27. The van der Waals surface area contributed by atoms with Gasteiger partial charge in [-0.2, -0.15) is 5.26 Å². The first kappa shape index (κ1) is 13.4. The zero-order valence-corrected chi connectivity index (χ0v) is 12.2. The van der Waals surface area contributed by atoms with Crippen LogP contribution in [0.1, 0.15) is 11.1 Å². The summed E-state index contributed by atoms with van der Waals surface area (Å²) in [6.45, 7) is 5.88. The molecule has 0 unspecified atom stereocenters. The molecule has 0 N–H and O–H groups in total. The first-order valence-electron chi connectivity index (χ1n) is 7.19. The zero-order chi connectivity index (χ0) is 14.7. The molecule has 2 aromatic rings. The predicted octanol–water partition coefficient (Wildman–Crippen LogP) is 2.59. The molecule has 4 nitrogen and oxygen atoms in total. The van der Waals surface area contributed by atoms with Crippen LogP contribution in [0.25, 0.3) is 0 Å². The lowest BCUT2D eigenvalue weighted by Gasteiger charge is -2.36. The maximum absolute atomic E-state index is 9.00. The topological polar surface area (TPSA) is 43.2 Å². The summed E-state index contributed by atoms with van der Waals surface area (Å²) in [5.74, 6) is 1.05. The molecule has 0 bridgehead atoms. The third-order valence-corrected chi connectivity index (χ3v) is 3.95. The van der Waals surface area contributed by atoms with Crippen LogP contribution in [-0.2, 0) is 0 Å². The summed E-state index contributed by atoms with van der Waals surface area (Å²) in [7, 11) is 0. The minimum absolute atomic E-state index is 0.755. The summed E-state index contributed by atoms with van der Waals surface area (Å²) in [6.07, 6.45) is 1.84. The van der Waals surface area contributed by atoms with Crippen LogP contribution < -0.4 is 9.80 Å². The Morgan fingerprint density at radius 1 is 1.05 bits per heavy atom. The molecule has 0 saturated carbocycles. The number of aromatic nitrogens is 1. The fourth-order valence-electron chi connectivity index (χ4n) is 2.70.